The zero-order chi connectivity index (χ0) is 7.28. The van der Waals surface area contributed by atoms with Crippen molar-refractivity contribution in [1.29, 1.82) is 0 Å². The third-order valence-corrected chi connectivity index (χ3v) is 0.943. The molecule has 10 heavy (non-hydrogen) atoms. The highest BCUT2D eigenvalue weighted by Gasteiger charge is 2.07. The third kappa shape index (κ3) is 5.59. The molecule has 0 bridgehead atoms. The van der Waals surface area contributed by atoms with Crippen LogP contribution in [0, 0.1) is 0 Å². The summed E-state index contributed by atoms with van der Waals surface area (Å²) in [4.78, 5) is 10.0. The van der Waals surface area contributed by atoms with Crippen LogP contribution in [-0.2, 0) is 4.79 Å². The third-order valence-electron chi connectivity index (χ3n) is 0.943. The lowest BCUT2D eigenvalue weighted by Gasteiger charge is -1.98. The summed E-state index contributed by atoms with van der Waals surface area (Å²) in [5, 5.41) is 8.25. The van der Waals surface area contributed by atoms with Crippen molar-refractivity contribution in [1.82, 2.24) is 0 Å². The second kappa shape index (κ2) is 6.58. The summed E-state index contributed by atoms with van der Waals surface area (Å²) in [5.41, 5.74) is 5.15. The van der Waals surface area contributed by atoms with E-state index < -0.39 is 12.0 Å². The normalized spacial score (nSPS) is 12.6. The first-order chi connectivity index (χ1) is 4.18. The summed E-state index contributed by atoms with van der Waals surface area (Å²) in [6, 6.07) is -0.749. The molecule has 0 aliphatic heterocycles. The molecule has 0 aliphatic rings. The molecular weight excluding hydrogens is 154 g/mol. The fourth-order valence-electron chi connectivity index (χ4n) is 0.384. The number of nitrogens with two attached hydrogens (primary N) is 1. The first-order valence-corrected chi connectivity index (χ1v) is 2.78. The lowest BCUT2D eigenvalue weighted by atomic mass is 10.2. The van der Waals surface area contributed by atoms with Crippen LogP contribution in [0.5, 0.6) is 0 Å². The lowest BCUT2D eigenvalue weighted by molar-refractivity contribution is -0.138. The number of hydrogen-bond donors (Lipinski definition) is 2. The zero-order valence-electron chi connectivity index (χ0n) is 5.78. The molecule has 3 N–H and O–H groups in total. The summed E-state index contributed by atoms with van der Waals surface area (Å²) >= 11 is 0. The fraction of sp³-hybridized carbons (Fsp3) is 0.500. The van der Waals surface area contributed by atoms with E-state index >= 15 is 0 Å². The highest BCUT2D eigenvalue weighted by Crippen LogP contribution is 1.88. The van der Waals surface area contributed by atoms with E-state index in [1.165, 1.54) is 0 Å². The van der Waals surface area contributed by atoms with Crippen molar-refractivity contribution >= 4 is 18.4 Å². The van der Waals surface area contributed by atoms with E-state index in [0.29, 0.717) is 6.42 Å². The smallest absolute Gasteiger partial charge is 0.320 e. The van der Waals surface area contributed by atoms with Crippen LogP contribution in [0.15, 0.2) is 12.2 Å². The van der Waals surface area contributed by atoms with E-state index in [4.69, 9.17) is 10.8 Å². The Balaban J connectivity index is 0. The van der Waals surface area contributed by atoms with E-state index in [0.717, 1.165) is 0 Å². The topological polar surface area (TPSA) is 63.3 Å². The summed E-state index contributed by atoms with van der Waals surface area (Å²) in [6.07, 6.45) is 3.92. The van der Waals surface area contributed by atoms with Gasteiger partial charge in [0.25, 0.3) is 0 Å². The molecular formula is C6H12ClNO2. The van der Waals surface area contributed by atoms with Crippen LogP contribution in [-0.4, -0.2) is 17.1 Å². The van der Waals surface area contributed by atoms with Gasteiger partial charge in [0.2, 0.25) is 0 Å². The van der Waals surface area contributed by atoms with Gasteiger partial charge in [-0.25, -0.2) is 0 Å². The lowest BCUT2D eigenvalue weighted by Crippen LogP contribution is -2.29. The number of carboxylic acids is 1. The van der Waals surface area contributed by atoms with Crippen molar-refractivity contribution in [3.8, 4) is 0 Å². The van der Waals surface area contributed by atoms with Crippen molar-refractivity contribution < 1.29 is 9.90 Å². The molecule has 0 radical (unpaired) electrons. The van der Waals surface area contributed by atoms with Gasteiger partial charge in [0.05, 0.1) is 0 Å². The fourth-order valence-corrected chi connectivity index (χ4v) is 0.384. The highest BCUT2D eigenvalue weighted by molar-refractivity contribution is 5.85. The van der Waals surface area contributed by atoms with Gasteiger partial charge < -0.3 is 10.8 Å². The second-order valence-electron chi connectivity index (χ2n) is 1.75. The van der Waals surface area contributed by atoms with E-state index in [9.17, 15) is 4.79 Å². The number of rotatable bonds is 3. The van der Waals surface area contributed by atoms with Gasteiger partial charge in [-0.05, 0) is 13.3 Å². The van der Waals surface area contributed by atoms with Crippen LogP contribution < -0.4 is 5.73 Å². The Kier molecular flexibility index (Phi) is 8.00. The Morgan fingerprint density at radius 3 is 2.60 bits per heavy atom. The van der Waals surface area contributed by atoms with Gasteiger partial charge in [0.1, 0.15) is 6.04 Å². The van der Waals surface area contributed by atoms with Crippen LogP contribution in [0.2, 0.25) is 0 Å². The van der Waals surface area contributed by atoms with Crippen molar-refractivity contribution in [3.05, 3.63) is 12.2 Å². The molecule has 3 nitrogen and oxygen atoms in total. The summed E-state index contributed by atoms with van der Waals surface area (Å²) in [6.45, 7) is 1.83. The molecule has 0 saturated carbocycles. The number of aliphatic carboxylic acids is 1. The minimum absolute atomic E-state index is 0. The number of allylic oxidation sites excluding steroid dienone is 1. The SMILES string of the molecule is C/C=C\CC(N)C(=O)O.Cl. The molecule has 0 fully saturated rings. The average molecular weight is 166 g/mol. The zero-order valence-corrected chi connectivity index (χ0v) is 6.60. The number of halogens is 1. The van der Waals surface area contributed by atoms with Gasteiger partial charge in [-0.3, -0.25) is 4.79 Å². The maximum Gasteiger partial charge on any atom is 0.320 e. The minimum atomic E-state index is -0.951. The summed E-state index contributed by atoms with van der Waals surface area (Å²) in [5.74, 6) is -0.951. The standard InChI is InChI=1S/C6H11NO2.ClH/c1-2-3-4-5(7)6(8)9;/h2-3,5H,4,7H2,1H3,(H,8,9);1H/b3-2-;. The molecule has 0 saturated heterocycles. The van der Waals surface area contributed by atoms with Gasteiger partial charge in [0, 0.05) is 0 Å². The number of carboxylic acid groups (broad SMARTS) is 1. The van der Waals surface area contributed by atoms with E-state index in [1.807, 2.05) is 6.92 Å². The molecule has 0 aromatic carbocycles. The Hall–Kier alpha value is -0.540. The van der Waals surface area contributed by atoms with Crippen molar-refractivity contribution in [2.24, 2.45) is 5.73 Å². The molecule has 60 valence electrons. The predicted octanol–water partition coefficient (Wildman–Crippen LogP) is 0.786. The summed E-state index contributed by atoms with van der Waals surface area (Å²) in [7, 11) is 0. The van der Waals surface area contributed by atoms with Crippen LogP contribution in [0.4, 0.5) is 0 Å². The highest BCUT2D eigenvalue weighted by atomic mass is 35.5. The van der Waals surface area contributed by atoms with E-state index in [1.54, 1.807) is 12.2 Å². The van der Waals surface area contributed by atoms with Gasteiger partial charge in [-0.15, -0.1) is 12.4 Å². The van der Waals surface area contributed by atoms with Gasteiger partial charge >= 0.3 is 5.97 Å². The minimum Gasteiger partial charge on any atom is -0.480 e. The average Bonchev–Trinajstić information content (AvgIpc) is 1.82. The summed E-state index contributed by atoms with van der Waals surface area (Å²) < 4.78 is 0. The Morgan fingerprint density at radius 1 is 1.80 bits per heavy atom. The van der Waals surface area contributed by atoms with Gasteiger partial charge in [-0.1, -0.05) is 12.2 Å². The maximum absolute atomic E-state index is 10.0. The van der Waals surface area contributed by atoms with Crippen LogP contribution in [0.3, 0.4) is 0 Å². The molecule has 4 heteroatoms. The van der Waals surface area contributed by atoms with E-state index in [2.05, 4.69) is 0 Å². The van der Waals surface area contributed by atoms with E-state index in [-0.39, 0.29) is 12.4 Å². The van der Waals surface area contributed by atoms with Crippen molar-refractivity contribution in [2.45, 2.75) is 19.4 Å². The quantitative estimate of drug-likeness (QED) is 0.608. The van der Waals surface area contributed by atoms with Crippen molar-refractivity contribution in [3.63, 3.8) is 0 Å². The molecule has 0 aromatic rings. The molecule has 1 atom stereocenters. The van der Waals surface area contributed by atoms with Crippen molar-refractivity contribution in [2.75, 3.05) is 0 Å². The molecule has 0 amide bonds. The van der Waals surface area contributed by atoms with Gasteiger partial charge in [0.15, 0.2) is 0 Å². The predicted molar refractivity (Wildman–Crippen MR) is 42.3 cm³/mol. The Bertz CT molecular complexity index is 125. The monoisotopic (exact) mass is 165 g/mol. The number of hydrogen-bond acceptors (Lipinski definition) is 2. The molecule has 0 aromatic heterocycles. The largest absolute Gasteiger partial charge is 0.480 e. The van der Waals surface area contributed by atoms with Crippen LogP contribution >= 0.6 is 12.4 Å². The maximum atomic E-state index is 10.0. The molecule has 0 spiro atoms. The first kappa shape index (κ1) is 12.2. The molecule has 0 aliphatic carbocycles. The molecule has 0 rings (SSSR count). The molecule has 1 unspecified atom stereocenters. The van der Waals surface area contributed by atoms with Crippen LogP contribution in [0.25, 0.3) is 0 Å². The number of carbonyl (C=O) groups is 1. The first-order valence-electron chi connectivity index (χ1n) is 2.78. The second-order valence-corrected chi connectivity index (χ2v) is 1.75. The van der Waals surface area contributed by atoms with Crippen LogP contribution in [0.1, 0.15) is 13.3 Å². The van der Waals surface area contributed by atoms with Gasteiger partial charge in [-0.2, -0.15) is 0 Å². The Morgan fingerprint density at radius 2 is 2.30 bits per heavy atom. The molecule has 0 heterocycles. The Labute approximate surface area is 66.3 Å².